The van der Waals surface area contributed by atoms with Gasteiger partial charge in [0.15, 0.2) is 0 Å². The molecule has 1 aromatic rings. The number of hydrogen-bond donors (Lipinski definition) is 0. The first-order valence-electron chi connectivity index (χ1n) is 6.36. The summed E-state index contributed by atoms with van der Waals surface area (Å²) in [7, 11) is 0. The first-order valence-corrected chi connectivity index (χ1v) is 6.36. The van der Waals surface area contributed by atoms with Crippen LogP contribution in [0.25, 0.3) is 0 Å². The van der Waals surface area contributed by atoms with E-state index in [2.05, 4.69) is 51.1 Å². The second-order valence-electron chi connectivity index (χ2n) is 5.98. The zero-order valence-electron chi connectivity index (χ0n) is 10.5. The van der Waals surface area contributed by atoms with Gasteiger partial charge in [0.25, 0.3) is 0 Å². The summed E-state index contributed by atoms with van der Waals surface area (Å²) in [6.45, 7) is 7.19. The third-order valence-corrected chi connectivity index (χ3v) is 4.97. The van der Waals surface area contributed by atoms with Crippen LogP contribution in [0, 0.1) is 11.3 Å². The lowest BCUT2D eigenvalue weighted by Crippen LogP contribution is -2.43. The van der Waals surface area contributed by atoms with E-state index in [1.165, 1.54) is 18.4 Å². The number of allylic oxidation sites excluding steroid dienone is 2. The predicted molar refractivity (Wildman–Crippen MR) is 68.4 cm³/mol. The molecule has 0 radical (unpaired) electrons. The van der Waals surface area contributed by atoms with Gasteiger partial charge in [-0.2, -0.15) is 0 Å². The highest BCUT2D eigenvalue weighted by Gasteiger charge is 2.49. The Morgan fingerprint density at radius 3 is 2.38 bits per heavy atom. The Labute approximate surface area is 98.4 Å². The van der Waals surface area contributed by atoms with E-state index in [-0.39, 0.29) is 0 Å². The molecule has 16 heavy (non-hydrogen) atoms. The quantitative estimate of drug-likeness (QED) is 0.600. The molecule has 2 bridgehead atoms. The molecular weight excluding hydrogens is 192 g/mol. The molecule has 1 aromatic carbocycles. The minimum absolute atomic E-state index is 0.495. The normalized spacial score (nSPS) is 31.2. The molecule has 0 aromatic heterocycles. The van der Waals surface area contributed by atoms with E-state index in [0.717, 1.165) is 5.92 Å². The van der Waals surface area contributed by atoms with Crippen molar-refractivity contribution in [3.8, 4) is 0 Å². The Morgan fingerprint density at radius 1 is 1.12 bits per heavy atom. The molecule has 0 saturated heterocycles. The second kappa shape index (κ2) is 3.23. The SMILES string of the molecule is CC1=C2CC(CC1c1ccccc1)C2(C)C. The van der Waals surface area contributed by atoms with Crippen LogP contribution in [0.3, 0.4) is 0 Å². The van der Waals surface area contributed by atoms with Crippen LogP contribution in [0.15, 0.2) is 41.5 Å². The molecular formula is C16H20. The lowest BCUT2D eigenvalue weighted by molar-refractivity contribution is 0.124. The van der Waals surface area contributed by atoms with E-state index < -0.39 is 0 Å². The highest BCUT2D eigenvalue weighted by Crippen LogP contribution is 2.61. The van der Waals surface area contributed by atoms with Crippen molar-refractivity contribution in [2.75, 3.05) is 0 Å². The fourth-order valence-corrected chi connectivity index (χ4v) is 3.67. The Balaban J connectivity index is 2.00. The van der Waals surface area contributed by atoms with Crippen LogP contribution in [0.5, 0.6) is 0 Å². The smallest absolute Gasteiger partial charge is 0.00513 e. The third-order valence-electron chi connectivity index (χ3n) is 4.97. The third kappa shape index (κ3) is 1.22. The van der Waals surface area contributed by atoms with Gasteiger partial charge in [-0.15, -0.1) is 0 Å². The van der Waals surface area contributed by atoms with Gasteiger partial charge in [0.05, 0.1) is 0 Å². The van der Waals surface area contributed by atoms with Crippen LogP contribution in [-0.2, 0) is 0 Å². The molecule has 0 amide bonds. The average Bonchev–Trinajstić information content (AvgIpc) is 2.29. The molecule has 2 unspecified atom stereocenters. The average molecular weight is 212 g/mol. The molecule has 0 N–H and O–H groups in total. The van der Waals surface area contributed by atoms with Crippen molar-refractivity contribution in [3.63, 3.8) is 0 Å². The lowest BCUT2D eigenvalue weighted by atomic mass is 9.50. The van der Waals surface area contributed by atoms with E-state index in [9.17, 15) is 0 Å². The fraction of sp³-hybridized carbons (Fsp3) is 0.500. The van der Waals surface area contributed by atoms with Crippen LogP contribution in [0.2, 0.25) is 0 Å². The van der Waals surface area contributed by atoms with E-state index in [1.54, 1.807) is 11.1 Å². The Bertz CT molecular complexity index is 436. The monoisotopic (exact) mass is 212 g/mol. The Hall–Kier alpha value is -1.04. The largest absolute Gasteiger partial charge is 0.0660 e. The van der Waals surface area contributed by atoms with Crippen molar-refractivity contribution in [2.24, 2.45) is 11.3 Å². The van der Waals surface area contributed by atoms with Gasteiger partial charge in [0.2, 0.25) is 0 Å². The summed E-state index contributed by atoms with van der Waals surface area (Å²) in [6, 6.07) is 11.0. The van der Waals surface area contributed by atoms with Gasteiger partial charge in [0, 0.05) is 5.92 Å². The summed E-state index contributed by atoms with van der Waals surface area (Å²) < 4.78 is 0. The first-order chi connectivity index (χ1) is 7.60. The molecule has 3 aliphatic carbocycles. The molecule has 3 aliphatic rings. The molecule has 0 aliphatic heterocycles. The summed E-state index contributed by atoms with van der Waals surface area (Å²) in [6.07, 6.45) is 2.72. The van der Waals surface area contributed by atoms with Crippen LogP contribution < -0.4 is 0 Å². The standard InChI is InChI=1S/C16H20/c1-11-14(12-7-5-4-6-8-12)9-13-10-15(11)16(13,2)3/h4-8,13-14H,9-10H2,1-3H3. The number of benzene rings is 1. The van der Waals surface area contributed by atoms with Crippen molar-refractivity contribution in [3.05, 3.63) is 47.0 Å². The van der Waals surface area contributed by atoms with Gasteiger partial charge in [-0.1, -0.05) is 55.3 Å². The van der Waals surface area contributed by atoms with Gasteiger partial charge in [-0.25, -0.2) is 0 Å². The molecule has 0 nitrogen and oxygen atoms in total. The molecule has 0 spiro atoms. The first kappa shape index (κ1) is 10.1. The van der Waals surface area contributed by atoms with Gasteiger partial charge in [-0.3, -0.25) is 0 Å². The van der Waals surface area contributed by atoms with E-state index in [1.807, 2.05) is 0 Å². The van der Waals surface area contributed by atoms with Crippen molar-refractivity contribution in [1.82, 2.24) is 0 Å². The maximum atomic E-state index is 2.42. The zero-order chi connectivity index (χ0) is 11.3. The summed E-state index contributed by atoms with van der Waals surface area (Å²) in [4.78, 5) is 0. The van der Waals surface area contributed by atoms with Gasteiger partial charge < -0.3 is 0 Å². The highest BCUT2D eigenvalue weighted by molar-refractivity contribution is 5.41. The zero-order valence-corrected chi connectivity index (χ0v) is 10.5. The van der Waals surface area contributed by atoms with Crippen molar-refractivity contribution < 1.29 is 0 Å². The number of hydrogen-bond acceptors (Lipinski definition) is 0. The fourth-order valence-electron chi connectivity index (χ4n) is 3.67. The second-order valence-corrected chi connectivity index (χ2v) is 5.98. The molecule has 0 heterocycles. The van der Waals surface area contributed by atoms with E-state index >= 15 is 0 Å². The predicted octanol–water partition coefficient (Wildman–Crippen LogP) is 4.54. The molecule has 1 saturated carbocycles. The highest BCUT2D eigenvalue weighted by atomic mass is 14.5. The van der Waals surface area contributed by atoms with Crippen LogP contribution >= 0.6 is 0 Å². The summed E-state index contributed by atoms with van der Waals surface area (Å²) in [5.74, 6) is 1.61. The van der Waals surface area contributed by atoms with Crippen molar-refractivity contribution in [2.45, 2.75) is 39.5 Å². The van der Waals surface area contributed by atoms with Crippen LogP contribution in [0.4, 0.5) is 0 Å². The Morgan fingerprint density at radius 2 is 1.81 bits per heavy atom. The minimum atomic E-state index is 0.495. The summed E-state index contributed by atoms with van der Waals surface area (Å²) >= 11 is 0. The van der Waals surface area contributed by atoms with Crippen LogP contribution in [0.1, 0.15) is 45.1 Å². The van der Waals surface area contributed by atoms with Crippen LogP contribution in [-0.4, -0.2) is 0 Å². The molecule has 2 atom stereocenters. The molecule has 0 heteroatoms. The van der Waals surface area contributed by atoms with Crippen molar-refractivity contribution in [1.29, 1.82) is 0 Å². The summed E-state index contributed by atoms with van der Waals surface area (Å²) in [5, 5.41) is 0. The van der Waals surface area contributed by atoms with Crippen molar-refractivity contribution >= 4 is 0 Å². The summed E-state index contributed by atoms with van der Waals surface area (Å²) in [5.41, 5.74) is 5.39. The molecule has 1 fully saturated rings. The minimum Gasteiger partial charge on any atom is -0.0660 e. The number of rotatable bonds is 1. The topological polar surface area (TPSA) is 0 Å². The lowest BCUT2D eigenvalue weighted by Gasteiger charge is -2.55. The Kier molecular flexibility index (Phi) is 2.04. The number of fused-ring (bicyclic) bond motifs is 2. The maximum absolute atomic E-state index is 2.42. The van der Waals surface area contributed by atoms with Gasteiger partial charge in [-0.05, 0) is 36.7 Å². The van der Waals surface area contributed by atoms with E-state index in [4.69, 9.17) is 0 Å². The van der Waals surface area contributed by atoms with Gasteiger partial charge in [0.1, 0.15) is 0 Å². The molecule has 4 rings (SSSR count). The maximum Gasteiger partial charge on any atom is 0.00513 e. The van der Waals surface area contributed by atoms with Gasteiger partial charge >= 0.3 is 0 Å². The molecule has 84 valence electrons. The van der Waals surface area contributed by atoms with E-state index in [0.29, 0.717) is 11.3 Å².